The second kappa shape index (κ2) is 24.3. The van der Waals surface area contributed by atoms with Crippen LogP contribution in [0.5, 0.6) is 0 Å². The van der Waals surface area contributed by atoms with E-state index in [2.05, 4.69) is 41.8 Å². The van der Waals surface area contributed by atoms with Gasteiger partial charge in [-0.25, -0.2) is 9.97 Å². The summed E-state index contributed by atoms with van der Waals surface area (Å²) in [5.74, 6) is 1.38. The first-order chi connectivity index (χ1) is 24.2. The van der Waals surface area contributed by atoms with Crippen molar-refractivity contribution in [2.45, 2.75) is 86.5 Å². The maximum atomic E-state index is 11.9. The predicted octanol–water partition coefficient (Wildman–Crippen LogP) is 8.90. The number of hydrogen-bond acceptors (Lipinski definition) is 10. The molecule has 0 radical (unpaired) electrons. The van der Waals surface area contributed by atoms with Crippen LogP contribution in [-0.2, 0) is 25.7 Å². The fourth-order valence-corrected chi connectivity index (χ4v) is 7.62. The van der Waals surface area contributed by atoms with Crippen molar-refractivity contribution in [1.29, 1.82) is 0 Å². The Morgan fingerprint density at radius 2 is 1.26 bits per heavy atom. The van der Waals surface area contributed by atoms with Crippen LogP contribution in [0.1, 0.15) is 104 Å². The van der Waals surface area contributed by atoms with Crippen LogP contribution in [0.2, 0.25) is 0 Å². The van der Waals surface area contributed by atoms with Crippen LogP contribution in [0.4, 0.5) is 5.95 Å². The molecule has 50 heavy (non-hydrogen) atoms. The largest absolute Gasteiger partial charge is 0.383 e. The van der Waals surface area contributed by atoms with E-state index in [9.17, 15) is 9.59 Å². The Morgan fingerprint density at radius 3 is 1.80 bits per heavy atom. The molecule has 0 spiro atoms. The van der Waals surface area contributed by atoms with Crippen molar-refractivity contribution >= 4 is 57.5 Å². The van der Waals surface area contributed by atoms with Gasteiger partial charge in [-0.15, -0.1) is 0 Å². The number of anilines is 1. The van der Waals surface area contributed by atoms with E-state index >= 15 is 0 Å². The molecule has 274 valence electrons. The summed E-state index contributed by atoms with van der Waals surface area (Å²) in [5.41, 5.74) is 20.0. The predicted molar refractivity (Wildman–Crippen MR) is 218 cm³/mol. The van der Waals surface area contributed by atoms with Crippen LogP contribution in [0.15, 0.2) is 55.2 Å². The molecule has 4 aromatic rings. The third kappa shape index (κ3) is 13.1. The summed E-state index contributed by atoms with van der Waals surface area (Å²) < 4.78 is 0. The Hall–Kier alpha value is -3.87. The molecule has 0 amide bonds. The molecule has 3 aliphatic rings. The van der Waals surface area contributed by atoms with Gasteiger partial charge in [0.1, 0.15) is 0 Å². The second-order valence-electron chi connectivity index (χ2n) is 10.6. The SMILES string of the molecule is CC.CC.CC.CN(C)/C=C1\CCc2cscc2C1=O.CN=C(N)N.CNc1ncc2c(n1)-c1cscc1CC2.O=C1CCCc2cscc21. The number of fused-ring (bicyclic) bond motifs is 5. The monoisotopic (exact) mass is 739 g/mol. The molecule has 12 heteroatoms. The minimum Gasteiger partial charge on any atom is -0.383 e. The van der Waals surface area contributed by atoms with Crippen molar-refractivity contribution in [3.63, 3.8) is 0 Å². The van der Waals surface area contributed by atoms with E-state index in [-0.39, 0.29) is 11.7 Å². The maximum absolute atomic E-state index is 11.9. The van der Waals surface area contributed by atoms with Gasteiger partial charge < -0.3 is 21.7 Å². The number of nitrogens with zero attached hydrogens (tertiary/aromatic N) is 4. The summed E-state index contributed by atoms with van der Waals surface area (Å²) in [6.07, 6.45) is 10.8. The highest BCUT2D eigenvalue weighted by atomic mass is 32.1. The average Bonchev–Trinajstić information content (AvgIpc) is 3.95. The normalized spacial score (nSPS) is 13.5. The van der Waals surface area contributed by atoms with Gasteiger partial charge in [-0.05, 0) is 76.9 Å². The van der Waals surface area contributed by atoms with Crippen LogP contribution in [0.3, 0.4) is 0 Å². The van der Waals surface area contributed by atoms with E-state index in [0.717, 1.165) is 67.3 Å². The number of aliphatic imine (C=N–C) groups is 1. The first-order valence-corrected chi connectivity index (χ1v) is 20.2. The Balaban J connectivity index is 0.000000332. The van der Waals surface area contributed by atoms with Crippen LogP contribution in [0, 0.1) is 0 Å². The number of ketones is 2. The summed E-state index contributed by atoms with van der Waals surface area (Å²) in [4.78, 5) is 37.2. The van der Waals surface area contributed by atoms with Gasteiger partial charge in [0.05, 0.1) is 5.69 Å². The lowest BCUT2D eigenvalue weighted by atomic mass is 9.90. The molecule has 5 N–H and O–H groups in total. The van der Waals surface area contributed by atoms with E-state index < -0.39 is 0 Å². The molecule has 0 aliphatic heterocycles. The molecule has 0 aromatic carbocycles. The van der Waals surface area contributed by atoms with Gasteiger partial charge in [-0.1, -0.05) is 41.5 Å². The van der Waals surface area contributed by atoms with Gasteiger partial charge in [-0.3, -0.25) is 14.6 Å². The Labute approximate surface area is 312 Å². The number of Topliss-reactive ketones (excluding diaryl/α,β-unsaturated/α-hetero) is 2. The molecule has 0 bridgehead atoms. The first kappa shape index (κ1) is 44.2. The molecule has 0 saturated carbocycles. The number of guanidine groups is 1. The molecule has 4 aromatic heterocycles. The fraction of sp³-hybridized carbons (Fsp3) is 0.447. The Bertz CT molecular complexity index is 1650. The third-order valence-electron chi connectivity index (χ3n) is 7.26. The van der Waals surface area contributed by atoms with Crippen LogP contribution in [0.25, 0.3) is 11.3 Å². The molecule has 0 atom stereocenters. The van der Waals surface area contributed by atoms with Gasteiger partial charge in [0.2, 0.25) is 5.95 Å². The van der Waals surface area contributed by atoms with E-state index in [1.165, 1.54) is 34.9 Å². The number of nitrogens with one attached hydrogen (secondary N) is 1. The topological polar surface area (TPSA) is 140 Å². The number of rotatable bonds is 2. The number of carbonyl (C=O) groups excluding carboxylic acids is 2. The lowest BCUT2D eigenvalue weighted by Gasteiger charge is -2.16. The molecule has 0 fully saturated rings. The van der Waals surface area contributed by atoms with Crippen molar-refractivity contribution < 1.29 is 9.59 Å². The van der Waals surface area contributed by atoms with E-state index in [4.69, 9.17) is 11.5 Å². The molecular weight excluding hydrogens is 683 g/mol. The van der Waals surface area contributed by atoms with Crippen LogP contribution >= 0.6 is 34.0 Å². The van der Waals surface area contributed by atoms with E-state index in [0.29, 0.717) is 11.7 Å². The number of aryl methyl sites for hydroxylation is 4. The smallest absolute Gasteiger partial charge is 0.222 e. The molecule has 9 nitrogen and oxygen atoms in total. The molecule has 0 unspecified atom stereocenters. The number of aromatic nitrogens is 2. The molecular formula is C38H57N7O2S3. The number of thiophene rings is 3. The highest BCUT2D eigenvalue weighted by molar-refractivity contribution is 7.08. The van der Waals surface area contributed by atoms with Gasteiger partial charge in [-0.2, -0.15) is 34.0 Å². The fourth-order valence-electron chi connectivity index (χ4n) is 4.98. The zero-order valence-corrected chi connectivity index (χ0v) is 34.0. The summed E-state index contributed by atoms with van der Waals surface area (Å²) in [5, 5.41) is 15.5. The summed E-state index contributed by atoms with van der Waals surface area (Å²) in [6.45, 7) is 12.0. The maximum Gasteiger partial charge on any atom is 0.222 e. The van der Waals surface area contributed by atoms with Crippen molar-refractivity contribution in [2.24, 2.45) is 16.5 Å². The highest BCUT2D eigenvalue weighted by Crippen LogP contribution is 2.34. The average molecular weight is 740 g/mol. The summed E-state index contributed by atoms with van der Waals surface area (Å²) >= 11 is 5.01. The number of allylic oxidation sites excluding steroid dienone is 1. The van der Waals surface area contributed by atoms with Crippen molar-refractivity contribution in [3.8, 4) is 11.3 Å². The van der Waals surface area contributed by atoms with Crippen molar-refractivity contribution in [1.82, 2.24) is 14.9 Å². The van der Waals surface area contributed by atoms with Gasteiger partial charge in [0.15, 0.2) is 17.5 Å². The Kier molecular flexibility index (Phi) is 21.5. The Morgan fingerprint density at radius 1 is 0.760 bits per heavy atom. The number of carbonyl (C=O) groups is 2. The zero-order valence-electron chi connectivity index (χ0n) is 31.6. The third-order valence-corrected chi connectivity index (χ3v) is 9.63. The second-order valence-corrected chi connectivity index (χ2v) is 12.9. The summed E-state index contributed by atoms with van der Waals surface area (Å²) in [6, 6.07) is 0. The molecule has 7 rings (SSSR count). The van der Waals surface area contributed by atoms with E-state index in [1.54, 1.807) is 34.0 Å². The standard InChI is InChI=1S/C11H11N3S.C11H13NOS.C8H8OS.C2H7N3.3C2H6/c1-12-11-13-4-7-2-3-8-5-15-6-9(8)10(7)14-11;1-12(2)5-8-3-4-9-6-14-7-10(9)11(8)13;9-8-3-1-2-6-4-10-5-7(6)8;1-5-2(3)4;3*1-2/h4-6H,2-3H2,1H3,(H,12,13,14);5-7H,3-4H2,1-2H3;4-5H,1-3H2;1H3,(H4,3,4,5);3*1-2H3/b;8-5+;;;;;. The summed E-state index contributed by atoms with van der Waals surface area (Å²) in [7, 11) is 7.28. The molecule has 0 saturated heterocycles. The van der Waals surface area contributed by atoms with Crippen LogP contribution < -0.4 is 16.8 Å². The van der Waals surface area contributed by atoms with Crippen molar-refractivity contribution in [2.75, 3.05) is 33.5 Å². The first-order valence-electron chi connectivity index (χ1n) is 17.3. The van der Waals surface area contributed by atoms with Gasteiger partial charge in [0.25, 0.3) is 0 Å². The minimum atomic E-state index is 0.130. The minimum absolute atomic E-state index is 0.130. The number of hydrogen-bond donors (Lipinski definition) is 3. The highest BCUT2D eigenvalue weighted by Gasteiger charge is 2.22. The lowest BCUT2D eigenvalue weighted by Crippen LogP contribution is -2.21. The molecule has 4 heterocycles. The van der Waals surface area contributed by atoms with E-state index in [1.807, 2.05) is 90.7 Å². The van der Waals surface area contributed by atoms with Crippen molar-refractivity contribution in [3.05, 3.63) is 83.6 Å². The van der Waals surface area contributed by atoms with Crippen LogP contribution in [-0.4, -0.2) is 60.6 Å². The lowest BCUT2D eigenvalue weighted by molar-refractivity contribution is 0.0972. The quantitative estimate of drug-likeness (QED) is 0.105. The van der Waals surface area contributed by atoms with Gasteiger partial charge >= 0.3 is 0 Å². The molecule has 3 aliphatic carbocycles. The zero-order chi connectivity index (χ0) is 37.6. The number of nitrogens with two attached hydrogens (primary N) is 2. The van der Waals surface area contributed by atoms with Gasteiger partial charge in [0, 0.05) is 85.4 Å².